The minimum Gasteiger partial charge on any atom is -0.373 e. The Kier molecular flexibility index (Phi) is 4.37. The topological polar surface area (TPSA) is 21.3 Å². The van der Waals surface area contributed by atoms with Gasteiger partial charge in [-0.25, -0.2) is 4.39 Å². The van der Waals surface area contributed by atoms with Gasteiger partial charge in [0.15, 0.2) is 0 Å². The number of nitrogens with one attached hydrogen (secondary N) is 1. The maximum Gasteiger partial charge on any atom is 0.124 e. The molecule has 1 N–H and O–H groups in total. The summed E-state index contributed by atoms with van der Waals surface area (Å²) in [4.78, 5) is 0. The first-order valence-electron chi connectivity index (χ1n) is 5.99. The molecule has 1 aromatic carbocycles. The highest BCUT2D eigenvalue weighted by molar-refractivity contribution is 6.31. The Morgan fingerprint density at radius 3 is 3.06 bits per heavy atom. The van der Waals surface area contributed by atoms with Crippen LogP contribution in [0.3, 0.4) is 0 Å². The van der Waals surface area contributed by atoms with Crippen molar-refractivity contribution in [2.45, 2.75) is 19.4 Å². The van der Waals surface area contributed by atoms with E-state index >= 15 is 0 Å². The molecule has 17 heavy (non-hydrogen) atoms. The van der Waals surface area contributed by atoms with Gasteiger partial charge in [-0.15, -0.1) is 0 Å². The molecule has 1 aliphatic rings. The summed E-state index contributed by atoms with van der Waals surface area (Å²) in [6, 6.07) is 4.52. The van der Waals surface area contributed by atoms with Gasteiger partial charge < -0.3 is 10.1 Å². The predicted molar refractivity (Wildman–Crippen MR) is 66.8 cm³/mol. The minimum absolute atomic E-state index is 0.0119. The average molecular weight is 258 g/mol. The molecular formula is C13H17ClFNO. The Bertz CT molecular complexity index is 386. The van der Waals surface area contributed by atoms with Crippen LogP contribution < -0.4 is 5.32 Å². The number of rotatable bonds is 4. The second-order valence-electron chi connectivity index (χ2n) is 4.31. The van der Waals surface area contributed by atoms with Crippen LogP contribution in [0.1, 0.15) is 25.0 Å². The minimum atomic E-state index is -0.306. The molecule has 0 saturated carbocycles. The van der Waals surface area contributed by atoms with E-state index in [0.29, 0.717) is 10.9 Å². The van der Waals surface area contributed by atoms with Crippen molar-refractivity contribution in [3.8, 4) is 0 Å². The van der Waals surface area contributed by atoms with Gasteiger partial charge in [-0.3, -0.25) is 0 Å². The highest BCUT2D eigenvalue weighted by Gasteiger charge is 2.30. The smallest absolute Gasteiger partial charge is 0.124 e. The third-order valence-corrected chi connectivity index (χ3v) is 3.47. The van der Waals surface area contributed by atoms with E-state index in [1.165, 1.54) is 12.1 Å². The summed E-state index contributed by atoms with van der Waals surface area (Å²) in [5.41, 5.74) is 0.897. The van der Waals surface area contributed by atoms with Crippen molar-refractivity contribution in [3.05, 3.63) is 34.6 Å². The van der Waals surface area contributed by atoms with E-state index in [4.69, 9.17) is 16.3 Å². The summed E-state index contributed by atoms with van der Waals surface area (Å²) >= 11 is 6.07. The molecule has 0 radical (unpaired) electrons. The Labute approximate surface area is 106 Å². The SMILES string of the molecule is CCNCC1CCOC1c1ccc(F)cc1Cl. The molecule has 94 valence electrons. The van der Waals surface area contributed by atoms with Gasteiger partial charge in [0.25, 0.3) is 0 Å². The van der Waals surface area contributed by atoms with Crippen molar-refractivity contribution < 1.29 is 9.13 Å². The molecule has 1 aromatic rings. The van der Waals surface area contributed by atoms with Crippen molar-refractivity contribution in [1.29, 1.82) is 0 Å². The highest BCUT2D eigenvalue weighted by atomic mass is 35.5. The molecule has 1 saturated heterocycles. The maximum absolute atomic E-state index is 13.0. The zero-order chi connectivity index (χ0) is 12.3. The quantitative estimate of drug-likeness (QED) is 0.895. The molecule has 2 atom stereocenters. The fourth-order valence-corrected chi connectivity index (χ4v) is 2.52. The van der Waals surface area contributed by atoms with Gasteiger partial charge in [0.05, 0.1) is 6.10 Å². The van der Waals surface area contributed by atoms with Crippen LogP contribution in [0.25, 0.3) is 0 Å². The van der Waals surface area contributed by atoms with Gasteiger partial charge in [-0.05, 0) is 30.7 Å². The predicted octanol–water partition coefficient (Wildman–Crippen LogP) is 3.17. The first-order chi connectivity index (χ1) is 8.22. The molecule has 0 aromatic heterocycles. The van der Waals surface area contributed by atoms with Gasteiger partial charge in [0.1, 0.15) is 5.82 Å². The lowest BCUT2D eigenvalue weighted by Crippen LogP contribution is -2.24. The normalized spacial score (nSPS) is 24.2. The van der Waals surface area contributed by atoms with Crippen LogP contribution in [0.5, 0.6) is 0 Å². The first-order valence-corrected chi connectivity index (χ1v) is 6.37. The van der Waals surface area contributed by atoms with Crippen LogP contribution in [-0.4, -0.2) is 19.7 Å². The van der Waals surface area contributed by atoms with E-state index in [1.807, 2.05) is 0 Å². The van der Waals surface area contributed by atoms with Crippen molar-refractivity contribution in [3.63, 3.8) is 0 Å². The molecule has 0 amide bonds. The lowest BCUT2D eigenvalue weighted by atomic mass is 9.95. The van der Waals surface area contributed by atoms with Crippen molar-refractivity contribution in [1.82, 2.24) is 5.32 Å². The third-order valence-electron chi connectivity index (χ3n) is 3.14. The van der Waals surface area contributed by atoms with Crippen molar-refractivity contribution in [2.75, 3.05) is 19.7 Å². The largest absolute Gasteiger partial charge is 0.373 e. The Morgan fingerprint density at radius 1 is 1.53 bits per heavy atom. The van der Waals surface area contributed by atoms with E-state index in [0.717, 1.165) is 31.7 Å². The van der Waals surface area contributed by atoms with Crippen molar-refractivity contribution in [2.24, 2.45) is 5.92 Å². The zero-order valence-electron chi connectivity index (χ0n) is 9.88. The molecule has 1 heterocycles. The number of hydrogen-bond acceptors (Lipinski definition) is 2. The summed E-state index contributed by atoms with van der Waals surface area (Å²) in [5, 5.41) is 3.78. The molecule has 1 aliphatic heterocycles. The van der Waals surface area contributed by atoms with Gasteiger partial charge in [0, 0.05) is 24.1 Å². The number of ether oxygens (including phenoxy) is 1. The lowest BCUT2D eigenvalue weighted by Gasteiger charge is -2.20. The van der Waals surface area contributed by atoms with Gasteiger partial charge in [-0.2, -0.15) is 0 Å². The van der Waals surface area contributed by atoms with E-state index in [9.17, 15) is 4.39 Å². The zero-order valence-corrected chi connectivity index (χ0v) is 10.6. The molecule has 2 nitrogen and oxygen atoms in total. The molecule has 0 aliphatic carbocycles. The molecule has 4 heteroatoms. The summed E-state index contributed by atoms with van der Waals surface area (Å²) in [6.45, 7) is 4.68. The summed E-state index contributed by atoms with van der Waals surface area (Å²) < 4.78 is 18.7. The van der Waals surface area contributed by atoms with Crippen LogP contribution >= 0.6 is 11.6 Å². The molecular weight excluding hydrogens is 241 g/mol. The second kappa shape index (κ2) is 5.80. The maximum atomic E-state index is 13.0. The second-order valence-corrected chi connectivity index (χ2v) is 4.72. The number of halogens is 2. The third kappa shape index (κ3) is 2.97. The van der Waals surface area contributed by atoms with Crippen LogP contribution in [-0.2, 0) is 4.74 Å². The Morgan fingerprint density at radius 2 is 2.35 bits per heavy atom. The Hall–Kier alpha value is -0.640. The van der Waals surface area contributed by atoms with Crippen LogP contribution in [0.2, 0.25) is 5.02 Å². The summed E-state index contributed by atoms with van der Waals surface area (Å²) in [5.74, 6) is 0.109. The van der Waals surface area contributed by atoms with Crippen molar-refractivity contribution >= 4 is 11.6 Å². The standard InChI is InChI=1S/C13H17ClFNO/c1-2-16-8-9-5-6-17-13(9)11-4-3-10(15)7-12(11)14/h3-4,7,9,13,16H,2,5-6,8H2,1H3. The molecule has 0 spiro atoms. The first kappa shape index (κ1) is 12.8. The van der Waals surface area contributed by atoms with Gasteiger partial charge >= 0.3 is 0 Å². The van der Waals surface area contributed by atoms with Gasteiger partial charge in [0.2, 0.25) is 0 Å². The summed E-state index contributed by atoms with van der Waals surface area (Å²) in [6.07, 6.45) is 1.01. The van der Waals surface area contributed by atoms with Crippen LogP contribution in [0.4, 0.5) is 4.39 Å². The van der Waals surface area contributed by atoms with Crippen LogP contribution in [0.15, 0.2) is 18.2 Å². The lowest BCUT2D eigenvalue weighted by molar-refractivity contribution is 0.0907. The average Bonchev–Trinajstić information content (AvgIpc) is 2.74. The van der Waals surface area contributed by atoms with E-state index < -0.39 is 0 Å². The number of hydrogen-bond donors (Lipinski definition) is 1. The molecule has 2 rings (SSSR count). The monoisotopic (exact) mass is 257 g/mol. The van der Waals surface area contributed by atoms with Crippen LogP contribution in [0, 0.1) is 11.7 Å². The fourth-order valence-electron chi connectivity index (χ4n) is 2.25. The Balaban J connectivity index is 2.14. The fraction of sp³-hybridized carbons (Fsp3) is 0.538. The summed E-state index contributed by atoms with van der Waals surface area (Å²) in [7, 11) is 0. The van der Waals surface area contributed by atoms with E-state index in [2.05, 4.69) is 12.2 Å². The molecule has 0 bridgehead atoms. The van der Waals surface area contributed by atoms with E-state index in [1.54, 1.807) is 6.07 Å². The highest BCUT2D eigenvalue weighted by Crippen LogP contribution is 2.37. The molecule has 1 fully saturated rings. The number of benzene rings is 1. The molecule has 2 unspecified atom stereocenters. The van der Waals surface area contributed by atoms with Gasteiger partial charge in [-0.1, -0.05) is 24.6 Å². The van der Waals surface area contributed by atoms with E-state index in [-0.39, 0.29) is 11.9 Å².